The van der Waals surface area contributed by atoms with E-state index in [1.807, 2.05) is 0 Å². The molecule has 0 aliphatic rings. The summed E-state index contributed by atoms with van der Waals surface area (Å²) in [7, 11) is 0. The number of hydrogen-bond donors (Lipinski definition) is 0. The van der Waals surface area contributed by atoms with E-state index >= 15 is 0 Å². The molecule has 0 aliphatic carbocycles. The van der Waals surface area contributed by atoms with E-state index in [4.69, 9.17) is 14.2 Å². The van der Waals surface area contributed by atoms with Crippen LogP contribution in [0.25, 0.3) is 0 Å². The fraction of sp³-hybridized carbons (Fsp3) is 0.836. The molecule has 1 unspecified atom stereocenters. The first-order chi connectivity index (χ1) is 30.0. The Labute approximate surface area is 378 Å². The largest absolute Gasteiger partial charge is 0.462 e. The number of unbranched alkanes of at least 4 members (excludes halogenated alkanes) is 31. The molecule has 6 heteroatoms. The monoisotopic (exact) mass is 857 g/mol. The van der Waals surface area contributed by atoms with Gasteiger partial charge in [0.2, 0.25) is 0 Å². The van der Waals surface area contributed by atoms with Gasteiger partial charge in [-0.2, -0.15) is 0 Å². The minimum atomic E-state index is -0.771. The van der Waals surface area contributed by atoms with Crippen LogP contribution in [0.15, 0.2) is 36.5 Å². The Morgan fingerprint density at radius 1 is 0.344 bits per heavy atom. The Balaban J connectivity index is 4.21. The summed E-state index contributed by atoms with van der Waals surface area (Å²) in [6.45, 7) is 6.51. The minimum Gasteiger partial charge on any atom is -0.462 e. The Kier molecular flexibility index (Phi) is 48.3. The highest BCUT2D eigenvalue weighted by Gasteiger charge is 2.19. The first-order valence-electron chi connectivity index (χ1n) is 26.5. The zero-order chi connectivity index (χ0) is 44.4. The van der Waals surface area contributed by atoms with Gasteiger partial charge in [-0.05, 0) is 51.4 Å². The number of ether oxygens (including phenoxy) is 3. The van der Waals surface area contributed by atoms with E-state index in [-0.39, 0.29) is 31.1 Å². The number of esters is 3. The molecule has 0 bridgehead atoms. The van der Waals surface area contributed by atoms with E-state index in [0.717, 1.165) is 83.5 Å². The average molecular weight is 857 g/mol. The lowest BCUT2D eigenvalue weighted by atomic mass is 10.0. The molecule has 0 aromatic heterocycles. The van der Waals surface area contributed by atoms with E-state index in [1.165, 1.54) is 154 Å². The lowest BCUT2D eigenvalue weighted by Gasteiger charge is -2.18. The number of allylic oxidation sites excluding steroid dienone is 6. The number of carbonyl (C=O) groups is 3. The molecule has 356 valence electrons. The highest BCUT2D eigenvalue weighted by Crippen LogP contribution is 2.16. The van der Waals surface area contributed by atoms with E-state index in [0.29, 0.717) is 19.3 Å². The average Bonchev–Trinajstić information content (AvgIpc) is 3.26. The van der Waals surface area contributed by atoms with Crippen LogP contribution in [-0.2, 0) is 28.6 Å². The van der Waals surface area contributed by atoms with Crippen molar-refractivity contribution in [2.45, 2.75) is 284 Å². The van der Waals surface area contributed by atoms with Crippen LogP contribution < -0.4 is 0 Å². The van der Waals surface area contributed by atoms with Gasteiger partial charge in [0.05, 0.1) is 0 Å². The summed E-state index contributed by atoms with van der Waals surface area (Å²) in [5, 5.41) is 0. The molecule has 6 nitrogen and oxygen atoms in total. The van der Waals surface area contributed by atoms with Crippen molar-refractivity contribution in [1.29, 1.82) is 0 Å². The molecule has 1 atom stereocenters. The van der Waals surface area contributed by atoms with E-state index < -0.39 is 6.10 Å². The Bertz CT molecular complexity index is 1030. The normalized spacial score (nSPS) is 12.2. The molecular weight excluding hydrogens is 757 g/mol. The zero-order valence-electron chi connectivity index (χ0n) is 40.7. The zero-order valence-corrected chi connectivity index (χ0v) is 40.7. The fourth-order valence-corrected chi connectivity index (χ4v) is 7.69. The first kappa shape index (κ1) is 58.6. The lowest BCUT2D eigenvalue weighted by Crippen LogP contribution is -2.30. The van der Waals surface area contributed by atoms with Crippen LogP contribution in [0.5, 0.6) is 0 Å². The van der Waals surface area contributed by atoms with Crippen molar-refractivity contribution in [3.8, 4) is 0 Å². The molecule has 0 aromatic carbocycles. The van der Waals surface area contributed by atoms with Crippen molar-refractivity contribution in [3.63, 3.8) is 0 Å². The summed E-state index contributed by atoms with van der Waals surface area (Å²) in [6.07, 6.45) is 58.6. The van der Waals surface area contributed by atoms with Gasteiger partial charge in [-0.3, -0.25) is 14.4 Å². The smallest absolute Gasteiger partial charge is 0.306 e. The predicted molar refractivity (Wildman–Crippen MR) is 261 cm³/mol. The van der Waals surface area contributed by atoms with Crippen LogP contribution in [0.4, 0.5) is 0 Å². The predicted octanol–water partition coefficient (Wildman–Crippen LogP) is 17.3. The van der Waals surface area contributed by atoms with Crippen molar-refractivity contribution >= 4 is 17.9 Å². The van der Waals surface area contributed by atoms with Gasteiger partial charge in [-0.25, -0.2) is 0 Å². The van der Waals surface area contributed by atoms with Gasteiger partial charge < -0.3 is 14.2 Å². The SMILES string of the molecule is CC/C=C\C/C=C\C/C=C\CCCCCCCCCC(=O)OC(COC(=O)CCCCCCCCC)COC(=O)CCCCCCCCCCCCCCCCCCCCC. The molecule has 61 heavy (non-hydrogen) atoms. The quantitative estimate of drug-likeness (QED) is 0.0262. The first-order valence-corrected chi connectivity index (χ1v) is 26.5. The molecule has 0 saturated carbocycles. The summed E-state index contributed by atoms with van der Waals surface area (Å²) in [5.41, 5.74) is 0. The molecule has 0 fully saturated rings. The highest BCUT2D eigenvalue weighted by molar-refractivity contribution is 5.71. The van der Waals surface area contributed by atoms with Gasteiger partial charge in [-0.1, -0.05) is 243 Å². The van der Waals surface area contributed by atoms with Crippen molar-refractivity contribution < 1.29 is 28.6 Å². The second-order valence-electron chi connectivity index (χ2n) is 17.8. The number of hydrogen-bond acceptors (Lipinski definition) is 6. The third-order valence-electron chi connectivity index (χ3n) is 11.7. The van der Waals surface area contributed by atoms with Crippen LogP contribution >= 0.6 is 0 Å². The van der Waals surface area contributed by atoms with Crippen LogP contribution in [0.3, 0.4) is 0 Å². The van der Waals surface area contributed by atoms with Crippen molar-refractivity contribution in [2.75, 3.05) is 13.2 Å². The van der Waals surface area contributed by atoms with Crippen molar-refractivity contribution in [3.05, 3.63) is 36.5 Å². The molecule has 0 aliphatic heterocycles. The van der Waals surface area contributed by atoms with Gasteiger partial charge in [0.1, 0.15) is 13.2 Å². The highest BCUT2D eigenvalue weighted by atomic mass is 16.6. The summed E-state index contributed by atoms with van der Waals surface area (Å²) in [4.78, 5) is 37.8. The Hall–Kier alpha value is -2.37. The van der Waals surface area contributed by atoms with Crippen LogP contribution in [0, 0.1) is 0 Å². The van der Waals surface area contributed by atoms with Crippen molar-refractivity contribution in [2.24, 2.45) is 0 Å². The van der Waals surface area contributed by atoms with Gasteiger partial charge in [0.25, 0.3) is 0 Å². The van der Waals surface area contributed by atoms with E-state index in [1.54, 1.807) is 0 Å². The summed E-state index contributed by atoms with van der Waals surface area (Å²) in [6, 6.07) is 0. The van der Waals surface area contributed by atoms with Gasteiger partial charge in [-0.15, -0.1) is 0 Å². The lowest BCUT2D eigenvalue weighted by molar-refractivity contribution is -0.167. The second-order valence-corrected chi connectivity index (χ2v) is 17.8. The van der Waals surface area contributed by atoms with E-state index in [9.17, 15) is 14.4 Å². The summed E-state index contributed by atoms with van der Waals surface area (Å²) >= 11 is 0. The number of rotatable bonds is 48. The Morgan fingerprint density at radius 2 is 0.639 bits per heavy atom. The third kappa shape index (κ3) is 48.5. The fourth-order valence-electron chi connectivity index (χ4n) is 7.69. The molecule has 0 amide bonds. The maximum Gasteiger partial charge on any atom is 0.306 e. The summed E-state index contributed by atoms with van der Waals surface area (Å²) in [5.74, 6) is -0.877. The number of carbonyl (C=O) groups excluding carboxylic acids is 3. The minimum absolute atomic E-state index is 0.0725. The second kappa shape index (κ2) is 50.3. The molecule has 0 heterocycles. The molecule has 0 N–H and O–H groups in total. The van der Waals surface area contributed by atoms with Gasteiger partial charge >= 0.3 is 17.9 Å². The van der Waals surface area contributed by atoms with Crippen LogP contribution in [0.2, 0.25) is 0 Å². The topological polar surface area (TPSA) is 78.9 Å². The molecule has 0 saturated heterocycles. The molecule has 0 aromatic rings. The van der Waals surface area contributed by atoms with E-state index in [2.05, 4.69) is 57.2 Å². The van der Waals surface area contributed by atoms with Gasteiger partial charge in [0.15, 0.2) is 6.10 Å². The van der Waals surface area contributed by atoms with Crippen LogP contribution in [-0.4, -0.2) is 37.2 Å². The standard InChI is InChI=1S/C55H100O6/c1-4-7-10-13-16-18-20-22-24-26-27-29-30-32-34-36-39-42-45-48-54(57)60-51-52(50-59-53(56)47-44-41-38-15-12-9-6-3)61-55(58)49-46-43-40-37-35-33-31-28-25-23-21-19-17-14-11-8-5-2/h8,11,17,19,23,25,52H,4-7,9-10,12-16,18,20-22,24,26-51H2,1-3H3/b11-8-,19-17-,25-23-. The van der Waals surface area contributed by atoms with Crippen molar-refractivity contribution in [1.82, 2.24) is 0 Å². The maximum atomic E-state index is 12.8. The molecule has 0 radical (unpaired) electrons. The third-order valence-corrected chi connectivity index (χ3v) is 11.7. The maximum absolute atomic E-state index is 12.8. The molecular formula is C55H100O6. The van der Waals surface area contributed by atoms with Gasteiger partial charge in [0, 0.05) is 19.3 Å². The Morgan fingerprint density at radius 3 is 1.00 bits per heavy atom. The van der Waals surface area contributed by atoms with Crippen LogP contribution in [0.1, 0.15) is 278 Å². The molecule has 0 spiro atoms. The molecule has 0 rings (SSSR count). The summed E-state index contributed by atoms with van der Waals surface area (Å²) < 4.78 is 16.7.